The van der Waals surface area contributed by atoms with Crippen molar-refractivity contribution in [1.82, 2.24) is 14.5 Å². The molecule has 5 rings (SSSR count). The van der Waals surface area contributed by atoms with Crippen molar-refractivity contribution in [2.24, 2.45) is 0 Å². The maximum Gasteiger partial charge on any atom is 0.434 e. The number of aromatic amines is 1. The number of halogens is 2. The minimum atomic E-state index is -3.90. The summed E-state index contributed by atoms with van der Waals surface area (Å²) in [7, 11) is -2.39. The number of hydrogen-bond acceptors (Lipinski definition) is 6. The molecule has 0 amide bonds. The van der Waals surface area contributed by atoms with E-state index in [1.54, 1.807) is 30.3 Å². The van der Waals surface area contributed by atoms with E-state index < -0.39 is 44.1 Å². The van der Waals surface area contributed by atoms with Gasteiger partial charge >= 0.3 is 5.76 Å². The van der Waals surface area contributed by atoms with Gasteiger partial charge in [-0.05, 0) is 43.4 Å². The maximum absolute atomic E-state index is 15.6. The molecule has 0 spiro atoms. The van der Waals surface area contributed by atoms with Crippen molar-refractivity contribution in [3.05, 3.63) is 99.9 Å². The van der Waals surface area contributed by atoms with Gasteiger partial charge < -0.3 is 9.15 Å². The van der Waals surface area contributed by atoms with Crippen LogP contribution in [0.2, 0.25) is 0 Å². The lowest BCUT2D eigenvalue weighted by atomic mass is 9.62. The number of rotatable bonds is 7. The Morgan fingerprint density at radius 3 is 2.57 bits per heavy atom. The van der Waals surface area contributed by atoms with Gasteiger partial charge in [-0.25, -0.2) is 27.1 Å². The van der Waals surface area contributed by atoms with E-state index in [9.17, 15) is 13.2 Å². The number of nitrogens with one attached hydrogen (secondary N) is 1. The Balaban J connectivity index is 1.50. The Morgan fingerprint density at radius 1 is 1.22 bits per heavy atom. The molecule has 1 saturated heterocycles. The summed E-state index contributed by atoms with van der Waals surface area (Å²) >= 11 is 0. The van der Waals surface area contributed by atoms with Gasteiger partial charge in [0, 0.05) is 30.8 Å². The van der Waals surface area contributed by atoms with Gasteiger partial charge in [-0.2, -0.15) is 4.31 Å². The Bertz CT molecular complexity index is 1460. The van der Waals surface area contributed by atoms with Crippen LogP contribution in [0.1, 0.15) is 53.5 Å². The van der Waals surface area contributed by atoms with Crippen molar-refractivity contribution in [2.45, 2.75) is 55.0 Å². The second kappa shape index (κ2) is 9.62. The largest absolute Gasteiger partial charge is 0.434 e. The number of nitrogens with zero attached hydrogens (tertiary/aromatic N) is 2. The van der Waals surface area contributed by atoms with Gasteiger partial charge in [-0.1, -0.05) is 36.4 Å². The normalized spacial score (nSPS) is 27.5. The molecular formula is C26H27F2N3O5S. The standard InChI is InChI=1S/C26H27F2N3O5S/c1-3-18-9-10-23(16-7-5-4-6-8-16)37(33,34)31(18)15-17-11-22(28)20(12-21(17)27)26(13-19(14-26)35-2)24-29-30-25(32)36-24/h3-8,11-12,18-19,23H,1,9-10,13-15H2,2H3,(H,30,32)/t18-,19-,23+,26-/m0/s1. The van der Waals surface area contributed by atoms with E-state index in [2.05, 4.69) is 16.8 Å². The lowest BCUT2D eigenvalue weighted by Gasteiger charge is -2.44. The molecule has 2 fully saturated rings. The SMILES string of the molecule is C=C[C@H]1CC[C@H](c2ccccc2)S(=O)(=O)N1Cc1cc(F)c([C@]2(c3n[nH]c(=O)o3)C[C@H](OC)C2)cc1F. The summed E-state index contributed by atoms with van der Waals surface area (Å²) in [5, 5.41) is 5.25. The number of methoxy groups -OCH3 is 1. The molecule has 37 heavy (non-hydrogen) atoms. The van der Waals surface area contributed by atoms with Crippen LogP contribution in [-0.4, -0.2) is 42.2 Å². The summed E-state index contributed by atoms with van der Waals surface area (Å²) < 4.78 is 70.0. The molecule has 2 heterocycles. The van der Waals surface area contributed by atoms with Gasteiger partial charge in [0.15, 0.2) is 0 Å². The second-order valence-corrected chi connectivity index (χ2v) is 11.6. The number of sulfonamides is 1. The highest BCUT2D eigenvalue weighted by molar-refractivity contribution is 7.89. The van der Waals surface area contributed by atoms with Crippen molar-refractivity contribution in [3.8, 4) is 0 Å². The van der Waals surface area contributed by atoms with Gasteiger partial charge in [0.05, 0.1) is 11.5 Å². The van der Waals surface area contributed by atoms with Gasteiger partial charge in [-0.15, -0.1) is 11.7 Å². The molecule has 1 N–H and O–H groups in total. The predicted octanol–water partition coefficient (Wildman–Crippen LogP) is 3.96. The lowest BCUT2D eigenvalue weighted by molar-refractivity contribution is -0.0138. The van der Waals surface area contributed by atoms with Gasteiger partial charge in [0.25, 0.3) is 0 Å². The molecule has 2 aliphatic rings. The van der Waals surface area contributed by atoms with E-state index >= 15 is 8.78 Å². The molecule has 1 aromatic heterocycles. The van der Waals surface area contributed by atoms with Crippen LogP contribution in [0.25, 0.3) is 0 Å². The molecule has 8 nitrogen and oxygen atoms in total. The Labute approximate surface area is 213 Å². The van der Waals surface area contributed by atoms with Crippen LogP contribution in [0, 0.1) is 11.6 Å². The van der Waals surface area contributed by atoms with Crippen LogP contribution in [0.15, 0.2) is 64.3 Å². The minimum absolute atomic E-state index is 0.0266. The van der Waals surface area contributed by atoms with Crippen LogP contribution in [0.4, 0.5) is 8.78 Å². The van der Waals surface area contributed by atoms with Gasteiger partial charge in [0.1, 0.15) is 16.9 Å². The highest BCUT2D eigenvalue weighted by atomic mass is 32.2. The number of ether oxygens (including phenoxy) is 1. The third-order valence-electron chi connectivity index (χ3n) is 7.54. The smallest absolute Gasteiger partial charge is 0.391 e. The zero-order valence-corrected chi connectivity index (χ0v) is 21.0. The van der Waals surface area contributed by atoms with Crippen molar-refractivity contribution in [1.29, 1.82) is 0 Å². The fourth-order valence-corrected chi connectivity index (χ4v) is 7.64. The summed E-state index contributed by atoms with van der Waals surface area (Å²) in [4.78, 5) is 11.6. The molecule has 1 saturated carbocycles. The molecule has 1 aliphatic carbocycles. The van der Waals surface area contributed by atoms with Crippen LogP contribution < -0.4 is 5.76 Å². The Morgan fingerprint density at radius 2 is 1.95 bits per heavy atom. The first-order valence-corrected chi connectivity index (χ1v) is 13.5. The zero-order valence-electron chi connectivity index (χ0n) is 20.2. The number of hydrogen-bond donors (Lipinski definition) is 1. The highest BCUT2D eigenvalue weighted by Crippen LogP contribution is 2.50. The summed E-state index contributed by atoms with van der Waals surface area (Å²) in [6.45, 7) is 3.41. The predicted molar refractivity (Wildman–Crippen MR) is 131 cm³/mol. The zero-order chi connectivity index (χ0) is 26.4. The molecule has 2 atom stereocenters. The van der Waals surface area contributed by atoms with E-state index in [-0.39, 0.29) is 42.5 Å². The van der Waals surface area contributed by atoms with Crippen LogP contribution >= 0.6 is 0 Å². The minimum Gasteiger partial charge on any atom is -0.391 e. The summed E-state index contributed by atoms with van der Waals surface area (Å²) in [6, 6.07) is 10.4. The van der Waals surface area contributed by atoms with Crippen molar-refractivity contribution in [3.63, 3.8) is 0 Å². The maximum atomic E-state index is 15.6. The van der Waals surface area contributed by atoms with Crippen LogP contribution in [0.3, 0.4) is 0 Å². The van der Waals surface area contributed by atoms with Gasteiger partial charge in [0.2, 0.25) is 15.9 Å². The third kappa shape index (κ3) is 4.34. The van der Waals surface area contributed by atoms with Gasteiger partial charge in [-0.3, -0.25) is 0 Å². The molecule has 11 heteroatoms. The average Bonchev–Trinajstić information content (AvgIpc) is 3.29. The molecule has 0 bridgehead atoms. The lowest BCUT2D eigenvalue weighted by Crippen LogP contribution is -2.47. The van der Waals surface area contributed by atoms with Crippen LogP contribution in [-0.2, 0) is 26.7 Å². The first kappa shape index (κ1) is 25.5. The summed E-state index contributed by atoms with van der Waals surface area (Å²) in [5.74, 6) is -2.37. The van der Waals surface area contributed by atoms with E-state index in [1.807, 2.05) is 0 Å². The van der Waals surface area contributed by atoms with Crippen LogP contribution in [0.5, 0.6) is 0 Å². The van der Waals surface area contributed by atoms with Crippen molar-refractivity contribution in [2.75, 3.05) is 7.11 Å². The highest BCUT2D eigenvalue weighted by Gasteiger charge is 2.53. The Hall–Kier alpha value is -3.15. The molecular weight excluding hydrogens is 504 g/mol. The Kier molecular flexibility index (Phi) is 6.63. The first-order chi connectivity index (χ1) is 17.7. The van der Waals surface area contributed by atoms with Crippen molar-refractivity contribution >= 4 is 10.0 Å². The topological polar surface area (TPSA) is 106 Å². The number of benzene rings is 2. The molecule has 0 radical (unpaired) electrons. The molecule has 196 valence electrons. The van der Waals surface area contributed by atoms with Crippen molar-refractivity contribution < 1.29 is 26.4 Å². The quantitative estimate of drug-likeness (QED) is 0.463. The molecule has 0 unspecified atom stereocenters. The summed E-state index contributed by atoms with van der Waals surface area (Å²) in [5.41, 5.74) is -0.660. The first-order valence-electron chi connectivity index (χ1n) is 11.9. The molecule has 1 aliphatic heterocycles. The van der Waals surface area contributed by atoms with E-state index in [1.165, 1.54) is 17.5 Å². The summed E-state index contributed by atoms with van der Waals surface area (Å²) in [6.07, 6.45) is 2.66. The third-order valence-corrected chi connectivity index (χ3v) is 9.82. The molecule has 3 aromatic rings. The number of aromatic nitrogens is 2. The van der Waals surface area contributed by atoms with E-state index in [0.717, 1.165) is 12.1 Å². The van der Waals surface area contributed by atoms with E-state index in [4.69, 9.17) is 9.15 Å². The monoisotopic (exact) mass is 531 g/mol. The average molecular weight is 532 g/mol. The fraction of sp³-hybridized carbons (Fsp3) is 0.385. The second-order valence-electron chi connectivity index (χ2n) is 9.56. The van der Waals surface area contributed by atoms with E-state index in [0.29, 0.717) is 18.4 Å². The number of H-pyrrole nitrogens is 1. The molecule has 2 aromatic carbocycles. The fourth-order valence-electron chi connectivity index (χ4n) is 5.49.